The van der Waals surface area contributed by atoms with E-state index in [-0.39, 0.29) is 11.7 Å². The van der Waals surface area contributed by atoms with Gasteiger partial charge in [0.1, 0.15) is 0 Å². The largest absolute Gasteiger partial charge is 0.365 e. The van der Waals surface area contributed by atoms with E-state index in [0.717, 1.165) is 46.2 Å². The molecule has 0 aliphatic heterocycles. The molecule has 2 N–H and O–H groups in total. The van der Waals surface area contributed by atoms with E-state index in [4.69, 9.17) is 5.73 Å². The summed E-state index contributed by atoms with van der Waals surface area (Å²) >= 11 is 1.35. The molecule has 0 bridgehead atoms. The van der Waals surface area contributed by atoms with Gasteiger partial charge in [0.2, 0.25) is 0 Å². The summed E-state index contributed by atoms with van der Waals surface area (Å²) in [5, 5.41) is 1.93. The number of aryl methyl sites for hydroxylation is 3. The van der Waals surface area contributed by atoms with Crippen LogP contribution in [0.3, 0.4) is 0 Å². The van der Waals surface area contributed by atoms with Gasteiger partial charge in [0.05, 0.1) is 4.88 Å². The Bertz CT molecular complexity index is 785. The normalized spacial score (nSPS) is 14.1. The smallest absolute Gasteiger partial charge is 0.259 e. The van der Waals surface area contributed by atoms with Crippen LogP contribution < -0.4 is 5.73 Å². The van der Waals surface area contributed by atoms with Crippen molar-refractivity contribution in [3.8, 4) is 11.1 Å². The second-order valence-corrected chi connectivity index (χ2v) is 7.01. The zero-order chi connectivity index (χ0) is 16.0. The number of amides is 1. The van der Waals surface area contributed by atoms with Crippen molar-refractivity contribution in [1.29, 1.82) is 0 Å². The zero-order valence-corrected chi connectivity index (χ0v) is 13.8. The summed E-state index contributed by atoms with van der Waals surface area (Å²) in [5.41, 5.74) is 11.1. The van der Waals surface area contributed by atoms with Gasteiger partial charge in [0.25, 0.3) is 5.91 Å². The molecule has 0 saturated heterocycles. The number of hydrogen-bond donors (Lipinski definition) is 1. The van der Waals surface area contributed by atoms with Gasteiger partial charge in [-0.3, -0.25) is 9.59 Å². The molecule has 1 aromatic carbocycles. The lowest BCUT2D eigenvalue weighted by Crippen LogP contribution is -2.12. The molecule has 4 heteroatoms. The maximum atomic E-state index is 12.7. The van der Waals surface area contributed by atoms with Crippen LogP contribution in [0.5, 0.6) is 0 Å². The summed E-state index contributed by atoms with van der Waals surface area (Å²) in [6.45, 7) is 5.95. The Labute approximate surface area is 134 Å². The molecule has 114 valence electrons. The highest BCUT2D eigenvalue weighted by Gasteiger charge is 2.33. The van der Waals surface area contributed by atoms with Crippen molar-refractivity contribution in [2.24, 2.45) is 11.7 Å². The van der Waals surface area contributed by atoms with E-state index in [0.29, 0.717) is 4.88 Å². The number of carbonyl (C=O) groups excluding carboxylic acids is 2. The maximum absolute atomic E-state index is 12.7. The van der Waals surface area contributed by atoms with Crippen LogP contribution in [0, 0.1) is 26.7 Å². The van der Waals surface area contributed by atoms with Gasteiger partial charge in [0.15, 0.2) is 5.78 Å². The first kappa shape index (κ1) is 15.0. The van der Waals surface area contributed by atoms with Crippen LogP contribution in [-0.2, 0) is 0 Å². The first-order valence-corrected chi connectivity index (χ1v) is 8.31. The van der Waals surface area contributed by atoms with Crippen molar-refractivity contribution in [2.75, 3.05) is 0 Å². The number of benzene rings is 1. The van der Waals surface area contributed by atoms with Gasteiger partial charge >= 0.3 is 0 Å². The summed E-state index contributed by atoms with van der Waals surface area (Å²) in [4.78, 5) is 25.0. The third kappa shape index (κ3) is 2.48. The third-order valence-electron chi connectivity index (χ3n) is 4.14. The quantitative estimate of drug-likeness (QED) is 0.866. The number of ketones is 1. The number of Topliss-reactive ketones (excluding diaryl/α,β-unsaturated/α-hetero) is 1. The van der Waals surface area contributed by atoms with E-state index in [2.05, 4.69) is 6.07 Å². The van der Waals surface area contributed by atoms with Crippen molar-refractivity contribution in [1.82, 2.24) is 0 Å². The highest BCUT2D eigenvalue weighted by molar-refractivity contribution is 7.12. The van der Waals surface area contributed by atoms with E-state index in [9.17, 15) is 9.59 Å². The van der Waals surface area contributed by atoms with Crippen molar-refractivity contribution in [3.63, 3.8) is 0 Å². The standard InChI is InChI=1S/C18H19NO2S/c1-9-6-10(2)14(13(7-9)16(20)12-4-5-12)15-11(3)8-22-17(15)18(19)21/h6-8,12H,4-5H2,1-3H3,(H2,19,21). The van der Waals surface area contributed by atoms with Crippen molar-refractivity contribution in [2.45, 2.75) is 33.6 Å². The molecule has 0 radical (unpaired) electrons. The van der Waals surface area contributed by atoms with Gasteiger partial charge in [-0.25, -0.2) is 0 Å². The SMILES string of the molecule is Cc1cc(C)c(-c2c(C)csc2C(N)=O)c(C(=O)C2CC2)c1. The predicted molar refractivity (Wildman–Crippen MR) is 89.5 cm³/mol. The average molecular weight is 313 g/mol. The van der Waals surface area contributed by atoms with Crippen molar-refractivity contribution in [3.05, 3.63) is 44.6 Å². The highest BCUT2D eigenvalue weighted by Crippen LogP contribution is 2.41. The number of rotatable bonds is 4. The number of hydrogen-bond acceptors (Lipinski definition) is 3. The molecule has 2 aromatic rings. The molecule has 1 aromatic heterocycles. The molecule has 1 fully saturated rings. The zero-order valence-electron chi connectivity index (χ0n) is 13.0. The van der Waals surface area contributed by atoms with Gasteiger partial charge in [-0.1, -0.05) is 11.6 Å². The van der Waals surface area contributed by atoms with E-state index in [1.165, 1.54) is 11.3 Å². The summed E-state index contributed by atoms with van der Waals surface area (Å²) in [7, 11) is 0. The first-order chi connectivity index (χ1) is 10.4. The van der Waals surface area contributed by atoms with Crippen LogP contribution in [0.15, 0.2) is 17.5 Å². The number of thiophene rings is 1. The Morgan fingerprint density at radius 3 is 2.36 bits per heavy atom. The Morgan fingerprint density at radius 1 is 1.09 bits per heavy atom. The Kier molecular flexibility index (Phi) is 3.65. The van der Waals surface area contributed by atoms with Gasteiger partial charge in [-0.2, -0.15) is 0 Å². The van der Waals surface area contributed by atoms with Gasteiger partial charge in [0, 0.05) is 17.0 Å². The summed E-state index contributed by atoms with van der Waals surface area (Å²) < 4.78 is 0. The first-order valence-electron chi connectivity index (χ1n) is 7.44. The molecule has 1 aliphatic rings. The molecular weight excluding hydrogens is 294 g/mol. The third-order valence-corrected chi connectivity index (χ3v) is 5.25. The van der Waals surface area contributed by atoms with Crippen LogP contribution in [0.1, 0.15) is 49.6 Å². The monoisotopic (exact) mass is 313 g/mol. The van der Waals surface area contributed by atoms with Crippen LogP contribution in [0.2, 0.25) is 0 Å². The summed E-state index contributed by atoms with van der Waals surface area (Å²) in [6.07, 6.45) is 1.94. The molecule has 1 amide bonds. The van der Waals surface area contributed by atoms with Gasteiger partial charge < -0.3 is 5.73 Å². The number of carbonyl (C=O) groups is 2. The minimum absolute atomic E-state index is 0.149. The Morgan fingerprint density at radius 2 is 1.77 bits per heavy atom. The molecule has 0 unspecified atom stereocenters. The number of nitrogens with two attached hydrogens (primary N) is 1. The predicted octanol–water partition coefficient (Wildman–Crippen LogP) is 4.03. The minimum atomic E-state index is -0.433. The van der Waals surface area contributed by atoms with E-state index in [1.54, 1.807) is 0 Å². The van der Waals surface area contributed by atoms with Gasteiger partial charge in [-0.15, -0.1) is 11.3 Å². The molecule has 1 saturated carbocycles. The van der Waals surface area contributed by atoms with Crippen molar-refractivity contribution >= 4 is 23.0 Å². The second kappa shape index (κ2) is 5.36. The van der Waals surface area contributed by atoms with Crippen LogP contribution in [-0.4, -0.2) is 11.7 Å². The topological polar surface area (TPSA) is 60.2 Å². The fourth-order valence-corrected chi connectivity index (χ4v) is 3.90. The Balaban J connectivity index is 2.28. The lowest BCUT2D eigenvalue weighted by Gasteiger charge is -2.15. The molecule has 0 spiro atoms. The van der Waals surface area contributed by atoms with Gasteiger partial charge in [-0.05, 0) is 61.7 Å². The fourth-order valence-electron chi connectivity index (χ4n) is 3.00. The summed E-state index contributed by atoms with van der Waals surface area (Å²) in [6, 6.07) is 4.01. The summed E-state index contributed by atoms with van der Waals surface area (Å²) in [5.74, 6) is -0.0864. The second-order valence-electron chi connectivity index (χ2n) is 6.13. The number of primary amides is 1. The maximum Gasteiger partial charge on any atom is 0.259 e. The van der Waals surface area contributed by atoms with Crippen LogP contribution >= 0.6 is 11.3 Å². The molecule has 3 rings (SSSR count). The highest BCUT2D eigenvalue weighted by atomic mass is 32.1. The van der Waals surface area contributed by atoms with Crippen LogP contribution in [0.4, 0.5) is 0 Å². The minimum Gasteiger partial charge on any atom is -0.365 e. The molecule has 1 aliphatic carbocycles. The molecule has 3 nitrogen and oxygen atoms in total. The molecule has 1 heterocycles. The lowest BCUT2D eigenvalue weighted by atomic mass is 9.88. The molecule has 0 atom stereocenters. The molecular formula is C18H19NO2S. The average Bonchev–Trinajstić information content (AvgIpc) is 3.21. The van der Waals surface area contributed by atoms with E-state index >= 15 is 0 Å². The van der Waals surface area contributed by atoms with Crippen molar-refractivity contribution < 1.29 is 9.59 Å². The lowest BCUT2D eigenvalue weighted by molar-refractivity contribution is 0.0965. The molecule has 22 heavy (non-hydrogen) atoms. The Hall–Kier alpha value is -1.94. The fraction of sp³-hybridized carbons (Fsp3) is 0.333. The van der Waals surface area contributed by atoms with E-state index < -0.39 is 5.91 Å². The van der Waals surface area contributed by atoms with E-state index in [1.807, 2.05) is 32.2 Å². The van der Waals surface area contributed by atoms with Crippen LogP contribution in [0.25, 0.3) is 11.1 Å².